The number of aromatic nitrogens is 1. The number of carbonyl (C=O) groups is 2. The van der Waals surface area contributed by atoms with Crippen LogP contribution in [-0.2, 0) is 11.2 Å². The molecule has 1 amide bonds. The van der Waals surface area contributed by atoms with Gasteiger partial charge in [-0.15, -0.1) is 0 Å². The number of aromatic carboxylic acids is 1. The van der Waals surface area contributed by atoms with Gasteiger partial charge in [-0.1, -0.05) is 31.6 Å². The van der Waals surface area contributed by atoms with Gasteiger partial charge >= 0.3 is 5.97 Å². The number of nitrogens with one attached hydrogen (secondary N) is 1. The number of hydrogen-bond donors (Lipinski definition) is 2. The summed E-state index contributed by atoms with van der Waals surface area (Å²) >= 11 is 1.05. The SMILES string of the molecule is CC(C)Cc1nc(NC(=O)C2CCC2)sc1C(=O)O. The number of amides is 1. The predicted molar refractivity (Wildman–Crippen MR) is 73.6 cm³/mol. The summed E-state index contributed by atoms with van der Waals surface area (Å²) in [5.74, 6) is -0.605. The molecular weight excluding hydrogens is 264 g/mol. The fourth-order valence-electron chi connectivity index (χ4n) is 1.98. The van der Waals surface area contributed by atoms with Crippen molar-refractivity contribution < 1.29 is 14.7 Å². The molecule has 1 heterocycles. The Bertz CT molecular complexity index is 492. The third kappa shape index (κ3) is 3.32. The van der Waals surface area contributed by atoms with E-state index in [2.05, 4.69) is 10.3 Å². The monoisotopic (exact) mass is 282 g/mol. The molecule has 1 aliphatic rings. The summed E-state index contributed by atoms with van der Waals surface area (Å²) in [4.78, 5) is 27.5. The van der Waals surface area contributed by atoms with Gasteiger partial charge in [0.2, 0.25) is 5.91 Å². The second kappa shape index (κ2) is 5.69. The summed E-state index contributed by atoms with van der Waals surface area (Å²) in [5.41, 5.74) is 0.566. The van der Waals surface area contributed by atoms with E-state index in [9.17, 15) is 9.59 Å². The van der Waals surface area contributed by atoms with Crippen LogP contribution in [0.15, 0.2) is 0 Å². The lowest BCUT2D eigenvalue weighted by molar-refractivity contribution is -0.122. The van der Waals surface area contributed by atoms with Gasteiger partial charge in [-0.25, -0.2) is 9.78 Å². The van der Waals surface area contributed by atoms with Crippen LogP contribution in [0.1, 0.15) is 48.5 Å². The van der Waals surface area contributed by atoms with Gasteiger partial charge in [0.15, 0.2) is 5.13 Å². The molecule has 6 heteroatoms. The van der Waals surface area contributed by atoms with Crippen molar-refractivity contribution in [3.05, 3.63) is 10.6 Å². The summed E-state index contributed by atoms with van der Waals surface area (Å²) in [6, 6.07) is 0. The van der Waals surface area contributed by atoms with Gasteiger partial charge in [-0.3, -0.25) is 4.79 Å². The fraction of sp³-hybridized carbons (Fsp3) is 0.615. The Morgan fingerprint density at radius 1 is 1.47 bits per heavy atom. The minimum Gasteiger partial charge on any atom is -0.477 e. The summed E-state index contributed by atoms with van der Waals surface area (Å²) < 4.78 is 0. The van der Waals surface area contributed by atoms with Crippen molar-refractivity contribution in [2.75, 3.05) is 5.32 Å². The normalized spacial score (nSPS) is 15.3. The van der Waals surface area contributed by atoms with Crippen LogP contribution >= 0.6 is 11.3 Å². The smallest absolute Gasteiger partial charge is 0.347 e. The molecule has 0 aromatic carbocycles. The van der Waals surface area contributed by atoms with Crippen molar-refractivity contribution in [2.45, 2.75) is 39.5 Å². The number of rotatable bonds is 5. The highest BCUT2D eigenvalue weighted by Gasteiger charge is 2.27. The number of carboxylic acids is 1. The van der Waals surface area contributed by atoms with Crippen LogP contribution in [0.2, 0.25) is 0 Å². The Morgan fingerprint density at radius 2 is 2.16 bits per heavy atom. The van der Waals surface area contributed by atoms with Gasteiger partial charge in [0.1, 0.15) is 4.88 Å². The highest BCUT2D eigenvalue weighted by atomic mass is 32.1. The minimum absolute atomic E-state index is 0.0342. The van der Waals surface area contributed by atoms with E-state index in [1.807, 2.05) is 13.8 Å². The molecule has 0 unspecified atom stereocenters. The van der Waals surface area contributed by atoms with Crippen LogP contribution in [0, 0.1) is 11.8 Å². The second-order valence-electron chi connectivity index (χ2n) is 5.32. The number of anilines is 1. The number of thiazole rings is 1. The van der Waals surface area contributed by atoms with Crippen molar-refractivity contribution in [2.24, 2.45) is 11.8 Å². The highest BCUT2D eigenvalue weighted by Crippen LogP contribution is 2.30. The van der Waals surface area contributed by atoms with Crippen LogP contribution in [0.3, 0.4) is 0 Å². The third-order valence-electron chi connectivity index (χ3n) is 3.20. The quantitative estimate of drug-likeness (QED) is 0.870. The van der Waals surface area contributed by atoms with Crippen molar-refractivity contribution in [1.82, 2.24) is 4.98 Å². The van der Waals surface area contributed by atoms with E-state index in [1.54, 1.807) is 0 Å². The van der Waals surface area contributed by atoms with E-state index in [0.717, 1.165) is 30.6 Å². The lowest BCUT2D eigenvalue weighted by Gasteiger charge is -2.23. The van der Waals surface area contributed by atoms with Gasteiger partial charge in [-0.2, -0.15) is 0 Å². The van der Waals surface area contributed by atoms with E-state index in [1.165, 1.54) is 0 Å². The van der Waals surface area contributed by atoms with Crippen molar-refractivity contribution in [3.63, 3.8) is 0 Å². The Morgan fingerprint density at radius 3 is 2.63 bits per heavy atom. The molecule has 0 radical (unpaired) electrons. The van der Waals surface area contributed by atoms with Gasteiger partial charge in [0.05, 0.1) is 5.69 Å². The molecule has 2 N–H and O–H groups in total. The molecule has 0 spiro atoms. The van der Waals surface area contributed by atoms with Crippen molar-refractivity contribution in [3.8, 4) is 0 Å². The molecule has 0 saturated heterocycles. The van der Waals surface area contributed by atoms with E-state index >= 15 is 0 Å². The lowest BCUT2D eigenvalue weighted by atomic mass is 9.85. The molecule has 0 aliphatic heterocycles. The first-order valence-corrected chi connectivity index (χ1v) is 7.33. The van der Waals surface area contributed by atoms with Crippen molar-refractivity contribution in [1.29, 1.82) is 0 Å². The van der Waals surface area contributed by atoms with E-state index in [0.29, 0.717) is 23.2 Å². The average Bonchev–Trinajstić information content (AvgIpc) is 2.56. The number of carbonyl (C=O) groups excluding carboxylic acids is 1. The molecule has 19 heavy (non-hydrogen) atoms. The molecule has 1 aromatic heterocycles. The molecule has 2 rings (SSSR count). The zero-order valence-electron chi connectivity index (χ0n) is 11.1. The first-order valence-electron chi connectivity index (χ1n) is 6.51. The third-order valence-corrected chi connectivity index (χ3v) is 4.20. The highest BCUT2D eigenvalue weighted by molar-refractivity contribution is 7.17. The molecule has 1 aromatic rings. The van der Waals surface area contributed by atoms with Crippen LogP contribution in [0.4, 0.5) is 5.13 Å². The second-order valence-corrected chi connectivity index (χ2v) is 6.31. The summed E-state index contributed by atoms with van der Waals surface area (Å²) in [5, 5.41) is 12.3. The molecule has 1 aliphatic carbocycles. The lowest BCUT2D eigenvalue weighted by Crippen LogP contribution is -2.27. The fourth-order valence-corrected chi connectivity index (χ4v) is 2.81. The molecule has 1 fully saturated rings. The number of hydrogen-bond acceptors (Lipinski definition) is 4. The van der Waals surface area contributed by atoms with Gasteiger partial charge in [-0.05, 0) is 25.2 Å². The maximum absolute atomic E-state index is 11.8. The first kappa shape index (κ1) is 14.0. The zero-order chi connectivity index (χ0) is 14.0. The van der Waals surface area contributed by atoms with Crippen LogP contribution in [-0.4, -0.2) is 22.0 Å². The van der Waals surface area contributed by atoms with Gasteiger partial charge in [0, 0.05) is 5.92 Å². The van der Waals surface area contributed by atoms with Crippen LogP contribution in [0.25, 0.3) is 0 Å². The first-order chi connectivity index (χ1) is 8.97. The molecule has 104 valence electrons. The zero-order valence-corrected chi connectivity index (χ0v) is 11.9. The Kier molecular flexibility index (Phi) is 4.19. The molecule has 1 saturated carbocycles. The van der Waals surface area contributed by atoms with Crippen LogP contribution < -0.4 is 5.32 Å². The summed E-state index contributed by atoms with van der Waals surface area (Å²) in [7, 11) is 0. The molecule has 0 atom stereocenters. The minimum atomic E-state index is -0.975. The van der Waals surface area contributed by atoms with E-state index in [4.69, 9.17) is 5.11 Å². The number of carboxylic acid groups (broad SMARTS) is 1. The predicted octanol–water partition coefficient (Wildman–Crippen LogP) is 2.78. The Labute approximate surface area is 116 Å². The average molecular weight is 282 g/mol. The Hall–Kier alpha value is -1.43. The number of nitrogens with zero attached hydrogens (tertiary/aromatic N) is 1. The van der Waals surface area contributed by atoms with Crippen LogP contribution in [0.5, 0.6) is 0 Å². The summed E-state index contributed by atoms with van der Waals surface area (Å²) in [6.07, 6.45) is 3.54. The molecule has 0 bridgehead atoms. The van der Waals surface area contributed by atoms with Crippen molar-refractivity contribution >= 4 is 28.3 Å². The Balaban J connectivity index is 2.12. The maximum atomic E-state index is 11.8. The molecular formula is C13H18N2O3S. The van der Waals surface area contributed by atoms with E-state index in [-0.39, 0.29) is 16.7 Å². The van der Waals surface area contributed by atoms with E-state index < -0.39 is 5.97 Å². The van der Waals surface area contributed by atoms with Gasteiger partial charge < -0.3 is 10.4 Å². The standard InChI is InChI=1S/C13H18N2O3S/c1-7(2)6-9-10(12(17)18)19-13(14-9)15-11(16)8-4-3-5-8/h7-8H,3-6H2,1-2H3,(H,17,18)(H,14,15,16). The maximum Gasteiger partial charge on any atom is 0.347 e. The largest absolute Gasteiger partial charge is 0.477 e. The topological polar surface area (TPSA) is 79.3 Å². The summed E-state index contributed by atoms with van der Waals surface area (Å²) in [6.45, 7) is 4.02. The van der Waals surface area contributed by atoms with Gasteiger partial charge in [0.25, 0.3) is 0 Å². The molecule has 5 nitrogen and oxygen atoms in total.